The number of nitrogens with one attached hydrogen (secondary N) is 1. The second-order valence-electron chi connectivity index (χ2n) is 3.23. The van der Waals surface area contributed by atoms with Crippen molar-refractivity contribution < 1.29 is 19.4 Å². The van der Waals surface area contributed by atoms with E-state index in [-0.39, 0.29) is 32.9 Å². The third kappa shape index (κ3) is 3.76. The Morgan fingerprint density at radius 1 is 1.37 bits per heavy atom. The minimum Gasteiger partial charge on any atom is -0.478 e. The number of carboxylic acids is 1. The summed E-state index contributed by atoms with van der Waals surface area (Å²) in [5, 5.41) is 10.9. The molecular formula is C11H8Cl3NO4. The highest BCUT2D eigenvalue weighted by atomic mass is 35.5. The topological polar surface area (TPSA) is 75.6 Å². The van der Waals surface area contributed by atoms with E-state index < -0.39 is 12.1 Å². The average Bonchev–Trinajstić information content (AvgIpc) is 2.36. The third-order valence-electron chi connectivity index (χ3n) is 1.95. The van der Waals surface area contributed by atoms with Crippen molar-refractivity contribution in [2.75, 3.05) is 11.9 Å². The summed E-state index contributed by atoms with van der Waals surface area (Å²) in [6.07, 6.45) is 0.469. The van der Waals surface area contributed by atoms with Crippen LogP contribution in [0.5, 0.6) is 0 Å². The summed E-state index contributed by atoms with van der Waals surface area (Å²) in [5.74, 6) is -1.32. The van der Waals surface area contributed by atoms with Gasteiger partial charge < -0.3 is 9.84 Å². The maximum atomic E-state index is 11.4. The van der Waals surface area contributed by atoms with Gasteiger partial charge in [0.15, 0.2) is 0 Å². The van der Waals surface area contributed by atoms with Crippen molar-refractivity contribution in [2.24, 2.45) is 0 Å². The molecule has 0 spiro atoms. The molecule has 0 bridgehead atoms. The van der Waals surface area contributed by atoms with Gasteiger partial charge in [0.25, 0.3) is 0 Å². The summed E-state index contributed by atoms with van der Waals surface area (Å²) in [6.45, 7) is 3.33. The standard InChI is InChI=1S/C11H8Cl3NO4/c1-2-3-19-11(18)15-9-5(10(16)17)4-6(12)7(13)8(9)14/h2,4H,1,3H2,(H,15,18)(H,16,17). The Morgan fingerprint density at radius 2 is 2.00 bits per heavy atom. The van der Waals surface area contributed by atoms with E-state index in [1.54, 1.807) is 0 Å². The molecule has 0 radical (unpaired) electrons. The molecule has 0 aliphatic rings. The first-order chi connectivity index (χ1) is 8.88. The van der Waals surface area contributed by atoms with Crippen LogP contribution >= 0.6 is 34.8 Å². The molecule has 102 valence electrons. The van der Waals surface area contributed by atoms with Crippen molar-refractivity contribution in [3.05, 3.63) is 39.4 Å². The monoisotopic (exact) mass is 323 g/mol. The molecule has 19 heavy (non-hydrogen) atoms. The van der Waals surface area contributed by atoms with Crippen LogP contribution in [0.15, 0.2) is 18.7 Å². The molecule has 8 heteroatoms. The van der Waals surface area contributed by atoms with Gasteiger partial charge in [0.2, 0.25) is 0 Å². The van der Waals surface area contributed by atoms with E-state index in [1.807, 2.05) is 0 Å². The number of halogens is 3. The number of hydrogen-bond acceptors (Lipinski definition) is 3. The number of carbonyl (C=O) groups excluding carboxylic acids is 1. The van der Waals surface area contributed by atoms with Crippen molar-refractivity contribution in [1.29, 1.82) is 0 Å². The molecule has 0 unspecified atom stereocenters. The molecular weight excluding hydrogens is 316 g/mol. The second-order valence-corrected chi connectivity index (χ2v) is 4.39. The largest absolute Gasteiger partial charge is 0.478 e. The average molecular weight is 325 g/mol. The minimum atomic E-state index is -1.32. The van der Waals surface area contributed by atoms with Gasteiger partial charge in [0, 0.05) is 0 Å². The maximum Gasteiger partial charge on any atom is 0.412 e. The van der Waals surface area contributed by atoms with Crippen molar-refractivity contribution in [1.82, 2.24) is 0 Å². The highest BCUT2D eigenvalue weighted by molar-refractivity contribution is 6.49. The molecule has 1 aromatic carbocycles. The van der Waals surface area contributed by atoms with Crippen LogP contribution in [0, 0.1) is 0 Å². The molecule has 0 aliphatic heterocycles. The van der Waals surface area contributed by atoms with Crippen LogP contribution in [0.1, 0.15) is 10.4 Å². The normalized spacial score (nSPS) is 9.84. The van der Waals surface area contributed by atoms with Gasteiger partial charge in [-0.05, 0) is 6.07 Å². The molecule has 0 heterocycles. The summed E-state index contributed by atoms with van der Waals surface area (Å²) < 4.78 is 4.66. The number of aromatic carboxylic acids is 1. The van der Waals surface area contributed by atoms with Gasteiger partial charge in [0.05, 0.1) is 26.3 Å². The lowest BCUT2D eigenvalue weighted by Crippen LogP contribution is -2.16. The fourth-order valence-electron chi connectivity index (χ4n) is 1.16. The number of anilines is 1. The molecule has 1 aromatic rings. The molecule has 0 aromatic heterocycles. The first-order valence-electron chi connectivity index (χ1n) is 4.84. The predicted octanol–water partition coefficient (Wildman–Crippen LogP) is 4.08. The van der Waals surface area contributed by atoms with Crippen LogP contribution in [0.2, 0.25) is 15.1 Å². The Hall–Kier alpha value is -1.43. The lowest BCUT2D eigenvalue weighted by Gasteiger charge is -2.12. The molecule has 0 atom stereocenters. The van der Waals surface area contributed by atoms with Gasteiger partial charge in [-0.15, -0.1) is 0 Å². The zero-order valence-corrected chi connectivity index (χ0v) is 11.6. The molecule has 1 rings (SSSR count). The number of amides is 1. The summed E-state index contributed by atoms with van der Waals surface area (Å²) in [6, 6.07) is 1.08. The van der Waals surface area contributed by atoms with E-state index in [1.165, 1.54) is 6.08 Å². The zero-order chi connectivity index (χ0) is 14.6. The number of carbonyl (C=O) groups is 2. The third-order valence-corrected chi connectivity index (χ3v) is 3.21. The number of carboxylic acid groups (broad SMARTS) is 1. The second kappa shape index (κ2) is 6.65. The maximum absolute atomic E-state index is 11.4. The molecule has 1 amide bonds. The summed E-state index contributed by atoms with van der Waals surface area (Å²) >= 11 is 17.4. The Kier molecular flexibility index (Phi) is 5.47. The van der Waals surface area contributed by atoms with Crippen LogP contribution in [-0.2, 0) is 4.74 Å². The fourth-order valence-corrected chi connectivity index (χ4v) is 1.81. The smallest absolute Gasteiger partial charge is 0.412 e. The van der Waals surface area contributed by atoms with Gasteiger partial charge in [-0.2, -0.15) is 0 Å². The highest BCUT2D eigenvalue weighted by Crippen LogP contribution is 2.38. The minimum absolute atomic E-state index is 0.0333. The lowest BCUT2D eigenvalue weighted by atomic mass is 10.2. The van der Waals surface area contributed by atoms with E-state index in [0.717, 1.165) is 6.07 Å². The van der Waals surface area contributed by atoms with Crippen LogP contribution in [0.3, 0.4) is 0 Å². The first kappa shape index (κ1) is 15.6. The fraction of sp³-hybridized carbons (Fsp3) is 0.0909. The number of benzene rings is 1. The summed E-state index contributed by atoms with van der Waals surface area (Å²) in [4.78, 5) is 22.5. The van der Waals surface area contributed by atoms with Gasteiger partial charge in [0.1, 0.15) is 6.61 Å². The number of hydrogen-bond donors (Lipinski definition) is 2. The number of ether oxygens (including phenoxy) is 1. The van der Waals surface area contributed by atoms with Crippen molar-refractivity contribution in [3.63, 3.8) is 0 Å². The molecule has 0 fully saturated rings. The van der Waals surface area contributed by atoms with Crippen LogP contribution in [0.25, 0.3) is 0 Å². The summed E-state index contributed by atoms with van der Waals surface area (Å²) in [7, 11) is 0. The van der Waals surface area contributed by atoms with Gasteiger partial charge in [-0.1, -0.05) is 47.5 Å². The van der Waals surface area contributed by atoms with Gasteiger partial charge in [-0.3, -0.25) is 5.32 Å². The molecule has 2 N–H and O–H groups in total. The highest BCUT2D eigenvalue weighted by Gasteiger charge is 2.21. The SMILES string of the molecule is C=CCOC(=O)Nc1c(C(=O)O)cc(Cl)c(Cl)c1Cl. The van der Waals surface area contributed by atoms with E-state index in [0.29, 0.717) is 0 Å². The van der Waals surface area contributed by atoms with Crippen LogP contribution in [0.4, 0.5) is 10.5 Å². The van der Waals surface area contributed by atoms with Crippen molar-refractivity contribution >= 4 is 52.6 Å². The van der Waals surface area contributed by atoms with Gasteiger partial charge in [-0.25, -0.2) is 9.59 Å². The van der Waals surface area contributed by atoms with E-state index in [2.05, 4.69) is 16.6 Å². The Bertz CT molecular complexity index is 545. The Labute approximate surface area is 123 Å². The summed E-state index contributed by atoms with van der Waals surface area (Å²) in [5.41, 5.74) is -0.479. The molecule has 0 saturated heterocycles. The predicted molar refractivity (Wildman–Crippen MR) is 73.6 cm³/mol. The van der Waals surface area contributed by atoms with Crippen LogP contribution < -0.4 is 5.32 Å². The van der Waals surface area contributed by atoms with Gasteiger partial charge >= 0.3 is 12.1 Å². The zero-order valence-electron chi connectivity index (χ0n) is 9.37. The molecule has 5 nitrogen and oxygen atoms in total. The Morgan fingerprint density at radius 3 is 2.53 bits per heavy atom. The first-order valence-corrected chi connectivity index (χ1v) is 5.97. The van der Waals surface area contributed by atoms with E-state index in [9.17, 15) is 9.59 Å². The van der Waals surface area contributed by atoms with Crippen LogP contribution in [-0.4, -0.2) is 23.8 Å². The van der Waals surface area contributed by atoms with Crippen molar-refractivity contribution in [3.8, 4) is 0 Å². The number of rotatable bonds is 4. The van der Waals surface area contributed by atoms with Crippen molar-refractivity contribution in [2.45, 2.75) is 0 Å². The molecule has 0 saturated carbocycles. The van der Waals surface area contributed by atoms with E-state index >= 15 is 0 Å². The Balaban J connectivity index is 3.17. The quantitative estimate of drug-likeness (QED) is 0.646. The lowest BCUT2D eigenvalue weighted by molar-refractivity contribution is 0.0698. The molecule has 0 aliphatic carbocycles. The van der Waals surface area contributed by atoms with E-state index in [4.69, 9.17) is 39.9 Å².